The number of hydrogen-bond acceptors (Lipinski definition) is 4. The molecular weight excluding hydrogens is 467 g/mol. The zero-order chi connectivity index (χ0) is 24.6. The molecule has 1 fully saturated rings. The van der Waals surface area contributed by atoms with E-state index in [0.29, 0.717) is 36.9 Å². The Balaban J connectivity index is 1.27. The van der Waals surface area contributed by atoms with Crippen molar-refractivity contribution in [1.82, 2.24) is 15.1 Å². The lowest BCUT2D eigenvalue weighted by atomic mass is 9.98. The molecule has 0 aromatic heterocycles. The Morgan fingerprint density at radius 3 is 1.91 bits per heavy atom. The number of nitrogens with zero attached hydrogens (tertiary/aromatic N) is 2. The average molecular weight is 495 g/mol. The molecule has 1 saturated heterocycles. The van der Waals surface area contributed by atoms with Crippen LogP contribution in [-0.2, 0) is 9.59 Å². The van der Waals surface area contributed by atoms with Crippen LogP contribution in [-0.4, -0.2) is 60.9 Å². The van der Waals surface area contributed by atoms with E-state index in [1.54, 1.807) is 0 Å². The fourth-order valence-corrected chi connectivity index (χ4v) is 4.24. The van der Waals surface area contributed by atoms with Crippen molar-refractivity contribution >= 4 is 29.1 Å². The van der Waals surface area contributed by atoms with Crippen molar-refractivity contribution in [3.8, 4) is 0 Å². The number of benzene rings is 3. The van der Waals surface area contributed by atoms with Crippen molar-refractivity contribution in [1.29, 1.82) is 0 Å². The molecule has 1 aliphatic rings. The van der Waals surface area contributed by atoms with E-state index in [4.69, 9.17) is 11.6 Å². The molecule has 1 heterocycles. The topological polar surface area (TPSA) is 64.7 Å². The molecule has 6 nitrogen and oxygen atoms in total. The third-order valence-corrected chi connectivity index (χ3v) is 6.22. The summed E-state index contributed by atoms with van der Waals surface area (Å²) in [6, 6.07) is 22.8. The van der Waals surface area contributed by atoms with Gasteiger partial charge in [-0.05, 0) is 47.5 Å². The lowest BCUT2D eigenvalue weighted by Crippen LogP contribution is -2.51. The Labute approximate surface area is 209 Å². The van der Waals surface area contributed by atoms with Crippen LogP contribution in [0.1, 0.15) is 17.2 Å². The van der Waals surface area contributed by atoms with Crippen LogP contribution >= 0.6 is 11.6 Å². The van der Waals surface area contributed by atoms with Gasteiger partial charge in [-0.1, -0.05) is 54.1 Å². The molecule has 1 atom stereocenters. The molecule has 182 valence electrons. The number of rotatable bonds is 8. The van der Waals surface area contributed by atoms with Gasteiger partial charge in [-0.25, -0.2) is 4.39 Å². The molecule has 1 aliphatic heterocycles. The van der Waals surface area contributed by atoms with E-state index in [-0.39, 0.29) is 36.8 Å². The second kappa shape index (κ2) is 11.9. The first-order valence-electron chi connectivity index (χ1n) is 11.6. The van der Waals surface area contributed by atoms with Gasteiger partial charge >= 0.3 is 0 Å². The lowest BCUT2D eigenvalue weighted by molar-refractivity contribution is -0.124. The Kier molecular flexibility index (Phi) is 8.47. The van der Waals surface area contributed by atoms with Crippen LogP contribution in [0.3, 0.4) is 0 Å². The highest BCUT2D eigenvalue weighted by atomic mass is 35.5. The predicted molar refractivity (Wildman–Crippen MR) is 136 cm³/mol. The average Bonchev–Trinajstić information content (AvgIpc) is 2.86. The maximum absolute atomic E-state index is 13.0. The number of nitrogens with one attached hydrogen (secondary N) is 2. The van der Waals surface area contributed by atoms with Gasteiger partial charge < -0.3 is 10.6 Å². The van der Waals surface area contributed by atoms with E-state index >= 15 is 0 Å². The van der Waals surface area contributed by atoms with E-state index in [1.807, 2.05) is 59.5 Å². The summed E-state index contributed by atoms with van der Waals surface area (Å²) in [5, 5.41) is 6.59. The summed E-state index contributed by atoms with van der Waals surface area (Å²) >= 11 is 6.05. The van der Waals surface area contributed by atoms with Gasteiger partial charge in [0, 0.05) is 36.9 Å². The van der Waals surface area contributed by atoms with Crippen molar-refractivity contribution in [2.45, 2.75) is 6.04 Å². The summed E-state index contributed by atoms with van der Waals surface area (Å²) in [4.78, 5) is 29.4. The molecule has 4 rings (SSSR count). The summed E-state index contributed by atoms with van der Waals surface area (Å²) in [6.45, 7) is 3.28. The molecule has 8 heteroatoms. The second-order valence-corrected chi connectivity index (χ2v) is 9.01. The van der Waals surface area contributed by atoms with Crippen molar-refractivity contribution in [3.63, 3.8) is 0 Å². The first-order chi connectivity index (χ1) is 17.0. The largest absolute Gasteiger partial charge is 0.344 e. The molecule has 0 aliphatic carbocycles. The molecule has 3 aromatic carbocycles. The minimum absolute atomic E-state index is 0.0590. The highest BCUT2D eigenvalue weighted by Gasteiger charge is 2.23. The molecule has 0 spiro atoms. The van der Waals surface area contributed by atoms with Crippen LogP contribution in [0.5, 0.6) is 0 Å². The fraction of sp³-hybridized carbons (Fsp3) is 0.259. The second-order valence-electron chi connectivity index (χ2n) is 8.57. The van der Waals surface area contributed by atoms with Crippen molar-refractivity contribution in [2.75, 3.05) is 44.6 Å². The van der Waals surface area contributed by atoms with Crippen molar-refractivity contribution in [2.24, 2.45) is 0 Å². The Morgan fingerprint density at radius 2 is 1.31 bits per heavy atom. The molecular formula is C27H28ClFN4O2. The summed E-state index contributed by atoms with van der Waals surface area (Å²) in [7, 11) is 0. The number of anilines is 1. The van der Waals surface area contributed by atoms with Crippen LogP contribution in [0, 0.1) is 5.82 Å². The first-order valence-corrected chi connectivity index (χ1v) is 11.9. The minimum atomic E-state index is -0.341. The number of carbonyl (C=O) groups excluding carboxylic acids is 2. The molecule has 35 heavy (non-hydrogen) atoms. The fourth-order valence-electron chi connectivity index (χ4n) is 4.11. The SMILES string of the molecule is O=C(CN1CCN(CC(=O)NC(c2ccccc2)c2ccc(Cl)cc2)CC1)Nc1ccc(F)cc1. The van der Waals surface area contributed by atoms with Gasteiger partial charge in [-0.3, -0.25) is 19.4 Å². The Hall–Kier alpha value is -3.26. The van der Waals surface area contributed by atoms with Crippen LogP contribution in [0.25, 0.3) is 0 Å². The summed E-state index contributed by atoms with van der Waals surface area (Å²) < 4.78 is 13.0. The molecule has 0 radical (unpaired) electrons. The van der Waals surface area contributed by atoms with Gasteiger partial charge in [0.25, 0.3) is 0 Å². The van der Waals surface area contributed by atoms with Gasteiger partial charge in [0.15, 0.2) is 0 Å². The van der Waals surface area contributed by atoms with Crippen LogP contribution in [0.4, 0.5) is 10.1 Å². The van der Waals surface area contributed by atoms with Crippen molar-refractivity contribution in [3.05, 3.63) is 101 Å². The van der Waals surface area contributed by atoms with Gasteiger partial charge in [-0.15, -0.1) is 0 Å². The zero-order valence-corrected chi connectivity index (χ0v) is 20.0. The van der Waals surface area contributed by atoms with Crippen LogP contribution in [0.2, 0.25) is 5.02 Å². The molecule has 3 aromatic rings. The monoisotopic (exact) mass is 494 g/mol. The predicted octanol–water partition coefficient (Wildman–Crippen LogP) is 3.94. The van der Waals surface area contributed by atoms with Gasteiger partial charge in [0.1, 0.15) is 5.82 Å². The molecule has 0 saturated carbocycles. The molecule has 1 unspecified atom stereocenters. The number of carbonyl (C=O) groups is 2. The number of halogens is 2. The highest BCUT2D eigenvalue weighted by molar-refractivity contribution is 6.30. The zero-order valence-electron chi connectivity index (χ0n) is 19.3. The normalized spacial score (nSPS) is 15.4. The number of hydrogen-bond donors (Lipinski definition) is 2. The highest BCUT2D eigenvalue weighted by Crippen LogP contribution is 2.23. The maximum Gasteiger partial charge on any atom is 0.238 e. The van der Waals surface area contributed by atoms with E-state index in [2.05, 4.69) is 15.5 Å². The van der Waals surface area contributed by atoms with Crippen LogP contribution in [0.15, 0.2) is 78.9 Å². The lowest BCUT2D eigenvalue weighted by Gasteiger charge is -2.34. The smallest absolute Gasteiger partial charge is 0.238 e. The summed E-state index contributed by atoms with van der Waals surface area (Å²) in [6.07, 6.45) is 0. The summed E-state index contributed by atoms with van der Waals surface area (Å²) in [5.74, 6) is -0.542. The Morgan fingerprint density at radius 1 is 0.771 bits per heavy atom. The maximum atomic E-state index is 13.0. The number of amides is 2. The third kappa shape index (κ3) is 7.36. The molecule has 2 amide bonds. The standard InChI is InChI=1S/C27H28ClFN4O2/c28-22-8-6-21(7-9-22)27(20-4-2-1-3-5-20)31-26(35)19-33-16-14-32(15-17-33)18-25(34)30-24-12-10-23(29)11-13-24/h1-13,27H,14-19H2,(H,30,34)(H,31,35). The molecule has 2 N–H and O–H groups in total. The van der Waals surface area contributed by atoms with Gasteiger partial charge in [-0.2, -0.15) is 0 Å². The first kappa shape index (κ1) is 24.9. The summed E-state index contributed by atoms with van der Waals surface area (Å²) in [5.41, 5.74) is 2.53. The van der Waals surface area contributed by atoms with Crippen molar-refractivity contribution < 1.29 is 14.0 Å². The van der Waals surface area contributed by atoms with E-state index in [9.17, 15) is 14.0 Å². The molecule has 0 bridgehead atoms. The van der Waals surface area contributed by atoms with E-state index in [1.165, 1.54) is 24.3 Å². The third-order valence-electron chi connectivity index (χ3n) is 5.97. The van der Waals surface area contributed by atoms with E-state index < -0.39 is 0 Å². The van der Waals surface area contributed by atoms with Crippen LogP contribution < -0.4 is 10.6 Å². The Bertz CT molecular complexity index is 1120. The van der Waals surface area contributed by atoms with Gasteiger partial charge in [0.05, 0.1) is 19.1 Å². The van der Waals surface area contributed by atoms with Gasteiger partial charge in [0.2, 0.25) is 11.8 Å². The number of piperazine rings is 1. The van der Waals surface area contributed by atoms with E-state index in [0.717, 1.165) is 11.1 Å². The quantitative estimate of drug-likeness (QED) is 0.498. The minimum Gasteiger partial charge on any atom is -0.344 e.